The van der Waals surface area contributed by atoms with Gasteiger partial charge in [-0.3, -0.25) is 14.5 Å². The lowest BCUT2D eigenvalue weighted by Crippen LogP contribution is -2.47. The molecule has 2 fully saturated rings. The van der Waals surface area contributed by atoms with Crippen molar-refractivity contribution in [3.05, 3.63) is 80.3 Å². The van der Waals surface area contributed by atoms with Crippen LogP contribution in [0.15, 0.2) is 41.2 Å². The van der Waals surface area contributed by atoms with Crippen molar-refractivity contribution >= 4 is 17.3 Å². The first kappa shape index (κ1) is 36.0. The van der Waals surface area contributed by atoms with Crippen LogP contribution in [-0.2, 0) is 23.1 Å². The smallest absolute Gasteiger partial charge is 0.381 e. The van der Waals surface area contributed by atoms with Crippen LogP contribution in [0.2, 0.25) is 0 Å². The number of halogens is 3. The maximum absolute atomic E-state index is 14.1. The molecule has 270 valence electrons. The fourth-order valence-corrected chi connectivity index (χ4v) is 8.52. The van der Waals surface area contributed by atoms with E-state index in [0.717, 1.165) is 66.2 Å². The van der Waals surface area contributed by atoms with Crippen LogP contribution in [0.5, 0.6) is 0 Å². The van der Waals surface area contributed by atoms with Gasteiger partial charge in [0.1, 0.15) is 0 Å². The number of fused-ring (bicyclic) bond motifs is 2. The van der Waals surface area contributed by atoms with Crippen LogP contribution in [0.1, 0.15) is 77.8 Å². The van der Waals surface area contributed by atoms with E-state index in [1.54, 1.807) is 0 Å². The number of pyridine rings is 1. The molecule has 0 bridgehead atoms. The second-order valence-corrected chi connectivity index (χ2v) is 14.4. The molecule has 3 aromatic rings. The first-order valence-electron chi connectivity index (χ1n) is 18.0. The highest BCUT2D eigenvalue weighted by Crippen LogP contribution is 2.47. The van der Waals surface area contributed by atoms with Crippen molar-refractivity contribution in [1.29, 1.82) is 0 Å². The van der Waals surface area contributed by atoms with Crippen LogP contribution in [0.25, 0.3) is 11.1 Å². The summed E-state index contributed by atoms with van der Waals surface area (Å²) in [6, 6.07) is 12.7. The molecule has 50 heavy (non-hydrogen) atoms. The lowest BCUT2D eigenvalue weighted by molar-refractivity contribution is -0.147. The van der Waals surface area contributed by atoms with E-state index in [1.807, 2.05) is 32.9 Å². The zero-order chi connectivity index (χ0) is 35.8. The minimum atomic E-state index is -4.22. The minimum Gasteiger partial charge on any atom is -0.381 e. The van der Waals surface area contributed by atoms with Gasteiger partial charge in [0.15, 0.2) is 0 Å². The highest BCUT2D eigenvalue weighted by Gasteiger charge is 2.42. The third-order valence-electron chi connectivity index (χ3n) is 11.1. The van der Waals surface area contributed by atoms with Gasteiger partial charge >= 0.3 is 6.18 Å². The van der Waals surface area contributed by atoms with E-state index in [-0.39, 0.29) is 29.5 Å². The molecule has 0 saturated carbocycles. The van der Waals surface area contributed by atoms with Crippen molar-refractivity contribution < 1.29 is 22.7 Å². The van der Waals surface area contributed by atoms with Gasteiger partial charge in [0, 0.05) is 92.6 Å². The number of benzene rings is 2. The Hall–Kier alpha value is -3.83. The van der Waals surface area contributed by atoms with Crippen LogP contribution >= 0.6 is 0 Å². The number of nitrogens with zero attached hydrogens (tertiary/aromatic N) is 3. The summed E-state index contributed by atoms with van der Waals surface area (Å²) >= 11 is 0. The molecular formula is C39H50F3N5O3. The van der Waals surface area contributed by atoms with Crippen molar-refractivity contribution in [2.24, 2.45) is 0 Å². The molecule has 1 aromatic heterocycles. The van der Waals surface area contributed by atoms with Gasteiger partial charge in [-0.1, -0.05) is 19.1 Å². The molecule has 4 heterocycles. The van der Waals surface area contributed by atoms with Gasteiger partial charge in [0.2, 0.25) is 0 Å². The summed E-state index contributed by atoms with van der Waals surface area (Å²) in [4.78, 5) is 35.9. The predicted octanol–water partition coefficient (Wildman–Crippen LogP) is 6.50. The molecule has 1 amide bonds. The fraction of sp³-hybridized carbons (Fsp3) is 0.538. The van der Waals surface area contributed by atoms with E-state index >= 15 is 0 Å². The monoisotopic (exact) mass is 693 g/mol. The molecule has 0 aliphatic carbocycles. The number of hydrogen-bond donors (Lipinski definition) is 2. The number of likely N-dealkylation sites (N-methyl/N-ethyl adjacent to an activating group) is 1. The third-order valence-corrected chi connectivity index (χ3v) is 11.1. The summed E-state index contributed by atoms with van der Waals surface area (Å²) in [6.45, 7) is 10.9. The van der Waals surface area contributed by atoms with Crippen LogP contribution in [-0.4, -0.2) is 81.0 Å². The number of H-pyrrole nitrogens is 1. The standard InChI is InChI=1S/C39H50F3N5O3/c1-6-27-18-25(3)44-37(49)32(27)22-43-36(48)31-19-29(28-8-9-33-35(20-28)45(5)23-38(33)12-16-50-17-13-38)21-34(26(31)4)47(7-2)30-10-14-46(15-11-30)24-39(40,41)42/h8-9,18-21,30H,6-7,10-17,22-24H2,1-5H3,(H,43,48)(H,44,49). The normalized spacial score (nSPS) is 18.0. The predicted molar refractivity (Wildman–Crippen MR) is 193 cm³/mol. The Morgan fingerprint density at radius 3 is 2.44 bits per heavy atom. The Morgan fingerprint density at radius 2 is 1.78 bits per heavy atom. The van der Waals surface area contributed by atoms with Crippen LogP contribution in [0.3, 0.4) is 0 Å². The molecule has 8 nitrogen and oxygen atoms in total. The van der Waals surface area contributed by atoms with Gasteiger partial charge in [-0.05, 0) is 105 Å². The number of carbonyl (C=O) groups excluding carboxylic acids is 1. The topological polar surface area (TPSA) is 80.9 Å². The number of carbonyl (C=O) groups is 1. The average molecular weight is 694 g/mol. The number of ether oxygens (including phenoxy) is 1. The molecule has 2 saturated heterocycles. The van der Waals surface area contributed by atoms with Gasteiger partial charge in [-0.15, -0.1) is 0 Å². The summed E-state index contributed by atoms with van der Waals surface area (Å²) in [6.07, 6.45) is -0.386. The number of aromatic amines is 1. The van der Waals surface area contributed by atoms with Crippen molar-refractivity contribution in [2.45, 2.75) is 84.0 Å². The van der Waals surface area contributed by atoms with Crippen molar-refractivity contribution in [3.63, 3.8) is 0 Å². The van der Waals surface area contributed by atoms with Crippen LogP contribution in [0, 0.1) is 13.8 Å². The molecule has 1 spiro atoms. The van der Waals surface area contributed by atoms with Crippen LogP contribution in [0.4, 0.5) is 24.5 Å². The number of amides is 1. The quantitative estimate of drug-likeness (QED) is 0.267. The maximum atomic E-state index is 14.1. The molecule has 6 rings (SSSR count). The lowest BCUT2D eigenvalue weighted by atomic mass is 9.75. The van der Waals surface area contributed by atoms with Gasteiger partial charge in [0.05, 0.1) is 6.54 Å². The van der Waals surface area contributed by atoms with Crippen molar-refractivity contribution in [3.8, 4) is 11.1 Å². The number of hydrogen-bond acceptors (Lipinski definition) is 6. The highest BCUT2D eigenvalue weighted by molar-refractivity contribution is 5.99. The zero-order valence-electron chi connectivity index (χ0n) is 29.9. The second-order valence-electron chi connectivity index (χ2n) is 14.4. The van der Waals surface area contributed by atoms with E-state index in [2.05, 4.69) is 58.3 Å². The highest BCUT2D eigenvalue weighted by atomic mass is 19.4. The van der Waals surface area contributed by atoms with Crippen molar-refractivity contribution in [2.75, 3.05) is 62.8 Å². The molecule has 11 heteroatoms. The van der Waals surface area contributed by atoms with Gasteiger partial charge < -0.3 is 24.8 Å². The third kappa shape index (κ3) is 7.30. The Labute approximate surface area is 293 Å². The number of piperidine rings is 1. The number of rotatable bonds is 9. The number of likely N-dealkylation sites (tertiary alicyclic amines) is 1. The number of anilines is 2. The molecule has 2 aromatic carbocycles. The summed E-state index contributed by atoms with van der Waals surface area (Å²) < 4.78 is 45.2. The van der Waals surface area contributed by atoms with E-state index in [4.69, 9.17) is 4.74 Å². The Bertz CT molecular complexity index is 1770. The zero-order valence-corrected chi connectivity index (χ0v) is 29.9. The van der Waals surface area contributed by atoms with E-state index in [9.17, 15) is 22.8 Å². The number of nitrogens with one attached hydrogen (secondary N) is 2. The molecule has 2 N–H and O–H groups in total. The summed E-state index contributed by atoms with van der Waals surface area (Å²) in [5.41, 5.74) is 8.75. The summed E-state index contributed by atoms with van der Waals surface area (Å²) in [7, 11) is 2.13. The van der Waals surface area contributed by atoms with E-state index in [0.29, 0.717) is 50.0 Å². The summed E-state index contributed by atoms with van der Waals surface area (Å²) in [5.74, 6) is -0.275. The van der Waals surface area contributed by atoms with Gasteiger partial charge in [-0.2, -0.15) is 13.2 Å². The van der Waals surface area contributed by atoms with Crippen LogP contribution < -0.4 is 20.7 Å². The largest absolute Gasteiger partial charge is 0.401 e. The molecule has 0 atom stereocenters. The SMILES string of the molecule is CCc1cc(C)[nH]c(=O)c1CNC(=O)c1cc(-c2ccc3c(c2)N(C)CC32CCOCC2)cc(N(CC)C2CCN(CC(F)(F)F)CC2)c1C. The number of alkyl halides is 3. The van der Waals surface area contributed by atoms with Gasteiger partial charge in [0.25, 0.3) is 11.5 Å². The Morgan fingerprint density at radius 1 is 1.06 bits per heavy atom. The average Bonchev–Trinajstić information content (AvgIpc) is 3.34. The minimum absolute atomic E-state index is 0.0344. The molecule has 0 unspecified atom stereocenters. The first-order chi connectivity index (χ1) is 23.8. The second kappa shape index (κ2) is 14.4. The Kier molecular flexibility index (Phi) is 10.4. The van der Waals surface area contributed by atoms with Crippen molar-refractivity contribution in [1.82, 2.24) is 15.2 Å². The molecule has 0 radical (unpaired) electrons. The Balaban J connectivity index is 1.36. The molecular weight excluding hydrogens is 643 g/mol. The van der Waals surface area contributed by atoms with Gasteiger partial charge in [-0.25, -0.2) is 0 Å². The summed E-state index contributed by atoms with van der Waals surface area (Å²) in [5, 5.41) is 3.04. The molecule has 3 aliphatic heterocycles. The van der Waals surface area contributed by atoms with E-state index < -0.39 is 12.7 Å². The number of aromatic nitrogens is 1. The fourth-order valence-electron chi connectivity index (χ4n) is 8.52. The first-order valence-corrected chi connectivity index (χ1v) is 18.0. The molecule has 3 aliphatic rings. The maximum Gasteiger partial charge on any atom is 0.401 e. The van der Waals surface area contributed by atoms with E-state index in [1.165, 1.54) is 16.2 Å². The lowest BCUT2D eigenvalue weighted by Gasteiger charge is -2.40. The number of aryl methyl sites for hydroxylation is 2.